The quantitative estimate of drug-likeness (QED) is 0.582. The Morgan fingerprint density at radius 1 is 1.18 bits per heavy atom. The number of hydrogen-bond donors (Lipinski definition) is 1. The second-order valence-corrected chi connectivity index (χ2v) is 7.61. The molecule has 28 heavy (non-hydrogen) atoms. The molecule has 1 saturated heterocycles. The van der Waals surface area contributed by atoms with Gasteiger partial charge < -0.3 is 14.6 Å². The zero-order valence-corrected chi connectivity index (χ0v) is 17.0. The highest BCUT2D eigenvalue weighted by molar-refractivity contribution is 8.27. The molecule has 3 rings (SSSR count). The SMILES string of the molecule is COc1ccc(OC)c(C=C2SC(=S)N(c3cc(C(=O)O)ccc3C)C2=O)c1. The third-order valence-corrected chi connectivity index (χ3v) is 5.52. The lowest BCUT2D eigenvalue weighted by Crippen LogP contribution is -2.28. The van der Waals surface area contributed by atoms with Crippen LogP contribution in [0.25, 0.3) is 6.08 Å². The van der Waals surface area contributed by atoms with Gasteiger partial charge in [-0.05, 0) is 48.9 Å². The average molecular weight is 415 g/mol. The number of hydrogen-bond acceptors (Lipinski definition) is 6. The Labute approximate surface area is 171 Å². The molecular weight excluding hydrogens is 398 g/mol. The third-order valence-electron chi connectivity index (χ3n) is 4.21. The Kier molecular flexibility index (Phi) is 5.71. The molecule has 8 heteroatoms. The van der Waals surface area contributed by atoms with Gasteiger partial charge in [-0.25, -0.2) is 4.79 Å². The minimum absolute atomic E-state index is 0.0908. The van der Waals surface area contributed by atoms with Crippen LogP contribution in [0.3, 0.4) is 0 Å². The number of thioether (sulfide) groups is 1. The van der Waals surface area contributed by atoms with Gasteiger partial charge in [-0.3, -0.25) is 9.69 Å². The number of amides is 1. The summed E-state index contributed by atoms with van der Waals surface area (Å²) in [6.45, 7) is 1.80. The molecule has 0 radical (unpaired) electrons. The first-order chi connectivity index (χ1) is 13.3. The molecule has 6 nitrogen and oxygen atoms in total. The molecule has 1 fully saturated rings. The van der Waals surface area contributed by atoms with Crippen LogP contribution >= 0.6 is 24.0 Å². The summed E-state index contributed by atoms with van der Waals surface area (Å²) in [6, 6.07) is 9.90. The lowest BCUT2D eigenvalue weighted by molar-refractivity contribution is -0.113. The molecule has 0 spiro atoms. The molecule has 0 bridgehead atoms. The first kappa shape index (κ1) is 19.9. The fourth-order valence-electron chi connectivity index (χ4n) is 2.75. The maximum absolute atomic E-state index is 13.0. The van der Waals surface area contributed by atoms with Gasteiger partial charge in [-0.15, -0.1) is 0 Å². The van der Waals surface area contributed by atoms with Gasteiger partial charge >= 0.3 is 5.97 Å². The Bertz CT molecular complexity index is 1020. The van der Waals surface area contributed by atoms with Crippen LogP contribution < -0.4 is 14.4 Å². The molecule has 0 saturated carbocycles. The summed E-state index contributed by atoms with van der Waals surface area (Å²) >= 11 is 6.55. The third kappa shape index (κ3) is 3.74. The fraction of sp³-hybridized carbons (Fsp3) is 0.150. The van der Waals surface area contributed by atoms with Crippen LogP contribution in [0.2, 0.25) is 0 Å². The molecular formula is C20H17NO5S2. The van der Waals surface area contributed by atoms with Crippen molar-refractivity contribution < 1.29 is 24.2 Å². The first-order valence-electron chi connectivity index (χ1n) is 8.19. The largest absolute Gasteiger partial charge is 0.497 e. The highest BCUT2D eigenvalue weighted by atomic mass is 32.2. The summed E-state index contributed by atoms with van der Waals surface area (Å²) in [7, 11) is 3.11. The summed E-state index contributed by atoms with van der Waals surface area (Å²) in [5.74, 6) is -0.156. The van der Waals surface area contributed by atoms with Gasteiger partial charge in [0, 0.05) is 5.56 Å². The van der Waals surface area contributed by atoms with E-state index in [9.17, 15) is 14.7 Å². The highest BCUT2D eigenvalue weighted by Gasteiger charge is 2.34. The van der Waals surface area contributed by atoms with E-state index in [2.05, 4.69) is 0 Å². The van der Waals surface area contributed by atoms with Crippen LogP contribution in [0.1, 0.15) is 21.5 Å². The van der Waals surface area contributed by atoms with Crippen LogP contribution in [-0.2, 0) is 4.79 Å². The number of thiocarbonyl (C=S) groups is 1. The van der Waals surface area contributed by atoms with Crippen LogP contribution in [-0.4, -0.2) is 35.5 Å². The van der Waals surface area contributed by atoms with Crippen molar-refractivity contribution in [3.63, 3.8) is 0 Å². The van der Waals surface area contributed by atoms with Gasteiger partial charge in [0.05, 0.1) is 30.4 Å². The molecule has 1 aliphatic rings. The topological polar surface area (TPSA) is 76.1 Å². The second kappa shape index (κ2) is 8.04. The molecule has 1 heterocycles. The van der Waals surface area contributed by atoms with E-state index in [0.29, 0.717) is 32.0 Å². The van der Waals surface area contributed by atoms with Gasteiger partial charge in [-0.2, -0.15) is 0 Å². The van der Waals surface area contributed by atoms with Gasteiger partial charge in [0.25, 0.3) is 5.91 Å². The normalized spacial score (nSPS) is 15.2. The Morgan fingerprint density at radius 2 is 1.93 bits per heavy atom. The van der Waals surface area contributed by atoms with E-state index in [-0.39, 0.29) is 11.5 Å². The maximum atomic E-state index is 13.0. The minimum Gasteiger partial charge on any atom is -0.497 e. The van der Waals surface area contributed by atoms with E-state index in [4.69, 9.17) is 21.7 Å². The summed E-state index contributed by atoms with van der Waals surface area (Å²) in [5.41, 5.74) is 1.98. The number of carbonyl (C=O) groups is 2. The van der Waals surface area contributed by atoms with E-state index in [0.717, 1.165) is 17.3 Å². The zero-order chi connectivity index (χ0) is 20.4. The maximum Gasteiger partial charge on any atom is 0.335 e. The number of aryl methyl sites for hydroxylation is 1. The van der Waals surface area contributed by atoms with Crippen molar-refractivity contribution >= 4 is 51.9 Å². The van der Waals surface area contributed by atoms with Crippen molar-refractivity contribution in [1.82, 2.24) is 0 Å². The molecule has 0 aliphatic carbocycles. The molecule has 1 N–H and O–H groups in total. The first-order valence-corrected chi connectivity index (χ1v) is 9.42. The molecule has 1 amide bonds. The Hall–Kier alpha value is -2.84. The number of carbonyl (C=O) groups excluding carboxylic acids is 1. The van der Waals surface area contributed by atoms with E-state index in [1.165, 1.54) is 17.0 Å². The van der Waals surface area contributed by atoms with Gasteiger partial charge in [0.15, 0.2) is 4.32 Å². The number of rotatable bonds is 5. The summed E-state index contributed by atoms with van der Waals surface area (Å²) in [6.07, 6.45) is 1.69. The lowest BCUT2D eigenvalue weighted by Gasteiger charge is -2.17. The minimum atomic E-state index is -1.07. The number of ether oxygens (including phenoxy) is 2. The van der Waals surface area contributed by atoms with E-state index in [1.807, 2.05) is 0 Å². The van der Waals surface area contributed by atoms with E-state index >= 15 is 0 Å². The Morgan fingerprint density at radius 3 is 2.57 bits per heavy atom. The van der Waals surface area contributed by atoms with Crippen LogP contribution in [0.15, 0.2) is 41.3 Å². The predicted molar refractivity (Wildman–Crippen MR) is 113 cm³/mol. The number of aromatic carboxylic acids is 1. The number of anilines is 1. The van der Waals surface area contributed by atoms with Crippen molar-refractivity contribution in [3.8, 4) is 11.5 Å². The molecule has 1 aliphatic heterocycles. The number of carboxylic acids is 1. The highest BCUT2D eigenvalue weighted by Crippen LogP contribution is 2.39. The van der Waals surface area contributed by atoms with Crippen molar-refractivity contribution in [2.24, 2.45) is 0 Å². The predicted octanol–water partition coefficient (Wildman–Crippen LogP) is 4.12. The number of benzene rings is 2. The van der Waals surface area contributed by atoms with Crippen molar-refractivity contribution in [1.29, 1.82) is 0 Å². The summed E-state index contributed by atoms with van der Waals surface area (Å²) in [4.78, 5) is 26.1. The van der Waals surface area contributed by atoms with Crippen molar-refractivity contribution in [2.45, 2.75) is 6.92 Å². The van der Waals surface area contributed by atoms with Gasteiger partial charge in [-0.1, -0.05) is 30.0 Å². The molecule has 144 valence electrons. The summed E-state index contributed by atoms with van der Waals surface area (Å²) < 4.78 is 10.9. The van der Waals surface area contributed by atoms with Gasteiger partial charge in [0.2, 0.25) is 0 Å². The van der Waals surface area contributed by atoms with Crippen molar-refractivity contribution in [3.05, 3.63) is 58.0 Å². The smallest absolute Gasteiger partial charge is 0.335 e. The lowest BCUT2D eigenvalue weighted by atomic mass is 10.1. The monoisotopic (exact) mass is 415 g/mol. The zero-order valence-electron chi connectivity index (χ0n) is 15.4. The number of carboxylic acid groups (broad SMARTS) is 1. The summed E-state index contributed by atoms with van der Waals surface area (Å²) in [5, 5.41) is 9.25. The fourth-order valence-corrected chi connectivity index (χ4v) is 4.03. The average Bonchev–Trinajstić information content (AvgIpc) is 2.95. The molecule has 0 aromatic heterocycles. The van der Waals surface area contributed by atoms with Crippen LogP contribution in [0.5, 0.6) is 11.5 Å². The van der Waals surface area contributed by atoms with Crippen molar-refractivity contribution in [2.75, 3.05) is 19.1 Å². The second-order valence-electron chi connectivity index (χ2n) is 5.93. The number of methoxy groups -OCH3 is 2. The van der Waals surface area contributed by atoms with E-state index in [1.54, 1.807) is 51.5 Å². The molecule has 2 aromatic carbocycles. The number of nitrogens with zero attached hydrogens (tertiary/aromatic N) is 1. The van der Waals surface area contributed by atoms with E-state index < -0.39 is 5.97 Å². The van der Waals surface area contributed by atoms with Gasteiger partial charge in [0.1, 0.15) is 11.5 Å². The Balaban J connectivity index is 2.03. The van der Waals surface area contributed by atoms with Crippen LogP contribution in [0.4, 0.5) is 5.69 Å². The molecule has 0 atom stereocenters. The standard InChI is InChI=1S/C20H17NO5S2/c1-11-4-5-12(19(23)24)9-15(11)21-18(22)17(28-20(21)27)10-13-8-14(25-2)6-7-16(13)26-3/h4-10H,1-3H3,(H,23,24). The molecule has 0 unspecified atom stereocenters. The van der Waals surface area contributed by atoms with Crippen LogP contribution in [0, 0.1) is 6.92 Å². The molecule has 2 aromatic rings.